The quantitative estimate of drug-likeness (QED) is 0.426. The lowest BCUT2D eigenvalue weighted by Gasteiger charge is -2.05. The van der Waals surface area contributed by atoms with Crippen molar-refractivity contribution in [2.75, 3.05) is 0 Å². The highest BCUT2D eigenvalue weighted by Crippen LogP contribution is 2.16. The highest BCUT2D eigenvalue weighted by atomic mass is 32.2. The lowest BCUT2D eigenvalue weighted by atomic mass is 10.1. The second-order valence-corrected chi connectivity index (χ2v) is 3.97. The van der Waals surface area contributed by atoms with Gasteiger partial charge in [0.25, 0.3) is 0 Å². The molecule has 0 aliphatic heterocycles. The lowest BCUT2D eigenvalue weighted by molar-refractivity contribution is 1.03. The third kappa shape index (κ3) is 3.51. The largest absolute Gasteiger partial charge is 0.383 e. The molecule has 0 aromatic rings. The number of rotatable bonds is 3. The van der Waals surface area contributed by atoms with Gasteiger partial charge in [-0.15, -0.1) is 0 Å². The van der Waals surface area contributed by atoms with Gasteiger partial charge in [-0.05, 0) is 24.7 Å². The predicted molar refractivity (Wildman–Crippen MR) is 60.5 cm³/mol. The topological polar surface area (TPSA) is 38.4 Å². The van der Waals surface area contributed by atoms with E-state index in [1.54, 1.807) is 0 Å². The summed E-state index contributed by atoms with van der Waals surface area (Å²) in [5.74, 6) is 0.587. The van der Waals surface area contributed by atoms with Crippen LogP contribution in [0.4, 0.5) is 0 Å². The van der Waals surface area contributed by atoms with Crippen LogP contribution in [0.3, 0.4) is 0 Å². The minimum Gasteiger partial charge on any atom is -0.383 e. The summed E-state index contributed by atoms with van der Waals surface area (Å²) in [6.07, 6.45) is 8.40. The van der Waals surface area contributed by atoms with Crippen molar-refractivity contribution in [3.05, 3.63) is 35.3 Å². The van der Waals surface area contributed by atoms with E-state index >= 15 is 0 Å². The molecule has 0 heterocycles. The standard InChI is InChI=1S/C10H14N2S/c1-8(2)13-12-10(11)9-6-4-3-5-7-9/h4,6-7H,1,3,5H2,2H3,(H2,11,12). The fourth-order valence-electron chi connectivity index (χ4n) is 0.983. The first-order valence-electron chi connectivity index (χ1n) is 4.23. The zero-order chi connectivity index (χ0) is 9.68. The molecule has 0 aromatic heterocycles. The van der Waals surface area contributed by atoms with Gasteiger partial charge in [0.15, 0.2) is 0 Å². The molecule has 0 amide bonds. The molecule has 0 atom stereocenters. The molecule has 0 fully saturated rings. The monoisotopic (exact) mass is 194 g/mol. The number of hydrogen-bond donors (Lipinski definition) is 1. The minimum atomic E-state index is 0.587. The van der Waals surface area contributed by atoms with Gasteiger partial charge in [0.05, 0.1) is 0 Å². The van der Waals surface area contributed by atoms with Crippen LogP contribution in [0.25, 0.3) is 0 Å². The van der Waals surface area contributed by atoms with E-state index in [4.69, 9.17) is 5.73 Å². The average Bonchev–Trinajstić information content (AvgIpc) is 2.15. The van der Waals surface area contributed by atoms with Crippen LogP contribution in [0, 0.1) is 0 Å². The van der Waals surface area contributed by atoms with Gasteiger partial charge >= 0.3 is 0 Å². The molecule has 2 N–H and O–H groups in total. The molecule has 1 rings (SSSR count). The molecule has 0 saturated carbocycles. The minimum absolute atomic E-state index is 0.587. The van der Waals surface area contributed by atoms with Gasteiger partial charge in [-0.1, -0.05) is 24.8 Å². The summed E-state index contributed by atoms with van der Waals surface area (Å²) in [6, 6.07) is 0. The third-order valence-corrected chi connectivity index (χ3v) is 2.19. The summed E-state index contributed by atoms with van der Waals surface area (Å²) in [4.78, 5) is 0.948. The van der Waals surface area contributed by atoms with E-state index < -0.39 is 0 Å². The summed E-state index contributed by atoms with van der Waals surface area (Å²) in [6.45, 7) is 5.64. The molecule has 2 nitrogen and oxygen atoms in total. The average molecular weight is 194 g/mol. The summed E-state index contributed by atoms with van der Waals surface area (Å²) in [5.41, 5.74) is 6.79. The van der Waals surface area contributed by atoms with Gasteiger partial charge in [0.1, 0.15) is 5.84 Å². The Labute approximate surface area is 83.4 Å². The van der Waals surface area contributed by atoms with E-state index in [0.717, 1.165) is 23.3 Å². The maximum absolute atomic E-state index is 5.77. The van der Waals surface area contributed by atoms with Crippen LogP contribution in [-0.2, 0) is 0 Å². The van der Waals surface area contributed by atoms with Gasteiger partial charge < -0.3 is 5.73 Å². The fourth-order valence-corrected chi connectivity index (χ4v) is 1.34. The Hall–Kier alpha value is -0.960. The van der Waals surface area contributed by atoms with Crippen molar-refractivity contribution in [1.82, 2.24) is 0 Å². The Bertz CT molecular complexity index is 287. The molecule has 0 saturated heterocycles. The van der Waals surface area contributed by atoms with Crippen LogP contribution in [-0.4, -0.2) is 5.84 Å². The SMILES string of the molecule is C=C(C)SN=C(N)C1=CCCC=C1. The Morgan fingerprint density at radius 3 is 2.92 bits per heavy atom. The Balaban J connectivity index is 2.60. The van der Waals surface area contributed by atoms with Crippen molar-refractivity contribution >= 4 is 17.8 Å². The Kier molecular flexibility index (Phi) is 3.83. The van der Waals surface area contributed by atoms with Crippen molar-refractivity contribution in [3.8, 4) is 0 Å². The summed E-state index contributed by atoms with van der Waals surface area (Å²) in [5, 5.41) is 0. The van der Waals surface area contributed by atoms with Crippen LogP contribution in [0.5, 0.6) is 0 Å². The number of allylic oxidation sites excluding steroid dienone is 3. The molecule has 0 bridgehead atoms. The number of nitrogens with two attached hydrogens (primary N) is 1. The number of hydrogen-bond acceptors (Lipinski definition) is 2. The van der Waals surface area contributed by atoms with E-state index in [9.17, 15) is 0 Å². The maximum Gasteiger partial charge on any atom is 0.138 e. The van der Waals surface area contributed by atoms with Gasteiger partial charge in [-0.3, -0.25) is 0 Å². The highest BCUT2D eigenvalue weighted by molar-refractivity contribution is 8.01. The van der Waals surface area contributed by atoms with E-state index in [1.165, 1.54) is 11.9 Å². The zero-order valence-corrected chi connectivity index (χ0v) is 8.60. The van der Waals surface area contributed by atoms with Crippen LogP contribution >= 0.6 is 11.9 Å². The molecule has 0 spiro atoms. The van der Waals surface area contributed by atoms with Gasteiger partial charge in [-0.2, -0.15) is 4.40 Å². The Morgan fingerprint density at radius 2 is 2.38 bits per heavy atom. The molecule has 70 valence electrons. The third-order valence-electron chi connectivity index (χ3n) is 1.59. The smallest absolute Gasteiger partial charge is 0.138 e. The second-order valence-electron chi connectivity index (χ2n) is 2.91. The van der Waals surface area contributed by atoms with E-state index in [-0.39, 0.29) is 0 Å². The van der Waals surface area contributed by atoms with Crippen LogP contribution in [0.15, 0.2) is 39.7 Å². The molecular weight excluding hydrogens is 180 g/mol. The number of nitrogens with zero attached hydrogens (tertiary/aromatic N) is 1. The van der Waals surface area contributed by atoms with E-state index in [0.29, 0.717) is 5.84 Å². The molecule has 0 radical (unpaired) electrons. The van der Waals surface area contributed by atoms with Crippen molar-refractivity contribution < 1.29 is 0 Å². The molecule has 13 heavy (non-hydrogen) atoms. The highest BCUT2D eigenvalue weighted by Gasteiger charge is 2.01. The molecule has 3 heteroatoms. The second kappa shape index (κ2) is 4.92. The Morgan fingerprint density at radius 1 is 1.62 bits per heavy atom. The first-order valence-corrected chi connectivity index (χ1v) is 5.00. The summed E-state index contributed by atoms with van der Waals surface area (Å²) in [7, 11) is 0. The van der Waals surface area contributed by atoms with Crippen molar-refractivity contribution in [3.63, 3.8) is 0 Å². The summed E-state index contributed by atoms with van der Waals surface area (Å²) < 4.78 is 4.14. The molecule has 0 aromatic carbocycles. The van der Waals surface area contributed by atoms with Crippen molar-refractivity contribution in [2.24, 2.45) is 10.1 Å². The predicted octanol–water partition coefficient (Wildman–Crippen LogP) is 2.80. The molecule has 0 unspecified atom stereocenters. The van der Waals surface area contributed by atoms with Crippen molar-refractivity contribution in [1.29, 1.82) is 0 Å². The van der Waals surface area contributed by atoms with Gasteiger partial charge in [0, 0.05) is 17.5 Å². The van der Waals surface area contributed by atoms with Gasteiger partial charge in [0.2, 0.25) is 0 Å². The maximum atomic E-state index is 5.77. The van der Waals surface area contributed by atoms with E-state index in [1.807, 2.05) is 13.0 Å². The zero-order valence-electron chi connectivity index (χ0n) is 7.79. The van der Waals surface area contributed by atoms with E-state index in [2.05, 4.69) is 23.1 Å². The molecular formula is C10H14N2S. The van der Waals surface area contributed by atoms with Gasteiger partial charge in [-0.25, -0.2) is 0 Å². The van der Waals surface area contributed by atoms with Crippen molar-refractivity contribution in [2.45, 2.75) is 19.8 Å². The molecule has 1 aliphatic carbocycles. The van der Waals surface area contributed by atoms with Crippen LogP contribution in [0.2, 0.25) is 0 Å². The lowest BCUT2D eigenvalue weighted by Crippen LogP contribution is -2.13. The summed E-state index contributed by atoms with van der Waals surface area (Å²) >= 11 is 1.33. The molecule has 1 aliphatic rings. The first kappa shape index (κ1) is 10.1. The fraction of sp³-hybridized carbons (Fsp3) is 0.300. The van der Waals surface area contributed by atoms with Crippen LogP contribution < -0.4 is 5.73 Å². The number of amidine groups is 1. The normalized spacial score (nSPS) is 17.0. The first-order chi connectivity index (χ1) is 6.20. The van der Waals surface area contributed by atoms with Crippen LogP contribution in [0.1, 0.15) is 19.8 Å².